The number of nitro groups is 1. The quantitative estimate of drug-likeness (QED) is 0.644. The number of para-hydroxylation sites is 1. The first kappa shape index (κ1) is 18.7. The number of benzene rings is 2. The Balaban J connectivity index is 1.83. The van der Waals surface area contributed by atoms with Gasteiger partial charge in [0.1, 0.15) is 11.7 Å². The summed E-state index contributed by atoms with van der Waals surface area (Å²) in [5.41, 5.74) is -0.184. The zero-order valence-corrected chi connectivity index (χ0v) is 14.3. The van der Waals surface area contributed by atoms with E-state index in [1.165, 1.54) is 6.92 Å². The monoisotopic (exact) mass is 379 g/mol. The third-order valence-electron chi connectivity index (χ3n) is 4.42. The summed E-state index contributed by atoms with van der Waals surface area (Å²) >= 11 is 0. The number of anilines is 2. The van der Waals surface area contributed by atoms with Gasteiger partial charge in [0.2, 0.25) is 5.91 Å². The van der Waals surface area contributed by atoms with Crippen LogP contribution in [0, 0.1) is 10.1 Å². The molecule has 1 N–H and O–H groups in total. The predicted molar refractivity (Wildman–Crippen MR) is 93.7 cm³/mol. The van der Waals surface area contributed by atoms with E-state index in [-0.39, 0.29) is 11.6 Å². The van der Waals surface area contributed by atoms with Crippen molar-refractivity contribution in [2.24, 2.45) is 0 Å². The SMILES string of the molecule is C[C@@H](Nc1ccc(C(F)(F)F)cc1[N+](=O)[O-])C(=O)N1CCc2ccccc21. The highest BCUT2D eigenvalue weighted by atomic mass is 19.4. The van der Waals surface area contributed by atoms with Crippen LogP contribution in [0.5, 0.6) is 0 Å². The molecule has 0 aliphatic carbocycles. The maximum absolute atomic E-state index is 12.8. The van der Waals surface area contributed by atoms with Crippen LogP contribution < -0.4 is 10.2 Å². The van der Waals surface area contributed by atoms with Crippen LogP contribution in [0.2, 0.25) is 0 Å². The first-order chi connectivity index (χ1) is 12.7. The van der Waals surface area contributed by atoms with Gasteiger partial charge in [-0.15, -0.1) is 0 Å². The average Bonchev–Trinajstić information content (AvgIpc) is 3.04. The number of halogens is 3. The summed E-state index contributed by atoms with van der Waals surface area (Å²) in [6.45, 7) is 2.00. The van der Waals surface area contributed by atoms with Crippen molar-refractivity contribution in [2.45, 2.75) is 25.6 Å². The molecule has 1 atom stereocenters. The number of alkyl halides is 3. The topological polar surface area (TPSA) is 75.5 Å². The molecule has 0 unspecified atom stereocenters. The van der Waals surface area contributed by atoms with Gasteiger partial charge in [0.15, 0.2) is 0 Å². The van der Waals surface area contributed by atoms with Crippen molar-refractivity contribution in [1.82, 2.24) is 0 Å². The van der Waals surface area contributed by atoms with Crippen molar-refractivity contribution in [2.75, 3.05) is 16.8 Å². The molecule has 0 aromatic heterocycles. The van der Waals surface area contributed by atoms with Gasteiger partial charge in [-0.25, -0.2) is 0 Å². The van der Waals surface area contributed by atoms with Crippen LogP contribution in [-0.2, 0) is 17.4 Å². The van der Waals surface area contributed by atoms with E-state index in [0.717, 1.165) is 23.4 Å². The highest BCUT2D eigenvalue weighted by molar-refractivity contribution is 6.00. The minimum Gasteiger partial charge on any atom is -0.368 e. The Morgan fingerprint density at radius 2 is 1.96 bits per heavy atom. The maximum Gasteiger partial charge on any atom is 0.416 e. The first-order valence-electron chi connectivity index (χ1n) is 8.20. The Hall–Kier alpha value is -3.10. The molecular weight excluding hydrogens is 363 g/mol. The summed E-state index contributed by atoms with van der Waals surface area (Å²) in [5.74, 6) is -0.311. The van der Waals surface area contributed by atoms with Crippen LogP contribution in [0.1, 0.15) is 18.1 Å². The second-order valence-electron chi connectivity index (χ2n) is 6.22. The Morgan fingerprint density at radius 3 is 2.63 bits per heavy atom. The third-order valence-corrected chi connectivity index (χ3v) is 4.42. The fraction of sp³-hybridized carbons (Fsp3) is 0.278. The van der Waals surface area contributed by atoms with Crippen LogP contribution in [0.3, 0.4) is 0 Å². The summed E-state index contributed by atoms with van der Waals surface area (Å²) in [5, 5.41) is 13.9. The van der Waals surface area contributed by atoms with E-state index >= 15 is 0 Å². The summed E-state index contributed by atoms with van der Waals surface area (Å²) < 4.78 is 38.4. The second-order valence-corrected chi connectivity index (χ2v) is 6.22. The minimum absolute atomic E-state index is 0.138. The third kappa shape index (κ3) is 3.71. The van der Waals surface area contributed by atoms with Gasteiger partial charge in [0.05, 0.1) is 10.5 Å². The molecule has 3 rings (SSSR count). The molecule has 0 bridgehead atoms. The van der Waals surface area contributed by atoms with Crippen LogP contribution in [-0.4, -0.2) is 23.4 Å². The standard InChI is InChI=1S/C18H16F3N3O3/c1-11(17(25)23-9-8-12-4-2-3-5-15(12)23)22-14-7-6-13(18(19,20)21)10-16(14)24(26)27/h2-7,10-11,22H,8-9H2,1H3/t11-/m1/s1. The molecule has 1 aliphatic rings. The normalized spacial score (nSPS) is 14.6. The van der Waals surface area contributed by atoms with Gasteiger partial charge in [-0.3, -0.25) is 14.9 Å². The smallest absolute Gasteiger partial charge is 0.368 e. The number of amides is 1. The van der Waals surface area contributed by atoms with Crippen molar-refractivity contribution < 1.29 is 22.9 Å². The Kier molecular flexibility index (Phi) is 4.77. The van der Waals surface area contributed by atoms with Gasteiger partial charge < -0.3 is 10.2 Å². The van der Waals surface area contributed by atoms with Crippen molar-refractivity contribution in [3.8, 4) is 0 Å². The Bertz CT molecular complexity index is 899. The van der Waals surface area contributed by atoms with Crippen molar-refractivity contribution >= 4 is 23.0 Å². The fourth-order valence-electron chi connectivity index (χ4n) is 3.08. The second kappa shape index (κ2) is 6.90. The van der Waals surface area contributed by atoms with Crippen LogP contribution >= 0.6 is 0 Å². The van der Waals surface area contributed by atoms with Crippen molar-refractivity contribution in [3.05, 3.63) is 63.7 Å². The number of nitrogens with one attached hydrogen (secondary N) is 1. The minimum atomic E-state index is -4.69. The van der Waals surface area contributed by atoms with Gasteiger partial charge in [0, 0.05) is 18.3 Å². The molecule has 142 valence electrons. The lowest BCUT2D eigenvalue weighted by molar-refractivity contribution is -0.384. The van der Waals surface area contributed by atoms with E-state index in [9.17, 15) is 28.1 Å². The number of nitro benzene ring substituents is 1. The van der Waals surface area contributed by atoms with Gasteiger partial charge in [0.25, 0.3) is 5.69 Å². The number of hydrogen-bond acceptors (Lipinski definition) is 4. The van der Waals surface area contributed by atoms with Crippen molar-refractivity contribution in [1.29, 1.82) is 0 Å². The summed E-state index contributed by atoms with van der Waals surface area (Å²) in [4.78, 5) is 24.6. The van der Waals surface area contributed by atoms with Crippen LogP contribution in [0.4, 0.5) is 30.2 Å². The Labute approximate surface area is 152 Å². The molecule has 0 radical (unpaired) electrons. The summed E-state index contributed by atoms with van der Waals surface area (Å²) in [6, 6.07) is 8.75. The number of nitrogens with zero attached hydrogens (tertiary/aromatic N) is 2. The predicted octanol–water partition coefficient (Wildman–Crippen LogP) is 4.00. The lowest BCUT2D eigenvalue weighted by Crippen LogP contribution is -2.40. The molecule has 1 aliphatic heterocycles. The van der Waals surface area contributed by atoms with E-state index in [1.54, 1.807) is 4.90 Å². The van der Waals surface area contributed by atoms with E-state index < -0.39 is 28.4 Å². The molecular formula is C18H16F3N3O3. The van der Waals surface area contributed by atoms with Gasteiger partial charge in [-0.2, -0.15) is 13.2 Å². The number of fused-ring (bicyclic) bond motifs is 1. The van der Waals surface area contributed by atoms with Crippen LogP contribution in [0.15, 0.2) is 42.5 Å². The molecule has 0 saturated carbocycles. The number of carbonyl (C=O) groups excluding carboxylic acids is 1. The van der Waals surface area contributed by atoms with E-state index in [1.807, 2.05) is 24.3 Å². The Morgan fingerprint density at radius 1 is 1.26 bits per heavy atom. The average molecular weight is 379 g/mol. The van der Waals surface area contributed by atoms with Gasteiger partial charge in [-0.05, 0) is 37.1 Å². The number of rotatable bonds is 4. The first-order valence-corrected chi connectivity index (χ1v) is 8.20. The molecule has 6 nitrogen and oxygen atoms in total. The maximum atomic E-state index is 12.8. The van der Waals surface area contributed by atoms with Crippen LogP contribution in [0.25, 0.3) is 0 Å². The molecule has 1 heterocycles. The molecule has 2 aromatic carbocycles. The molecule has 0 fully saturated rings. The molecule has 1 amide bonds. The zero-order chi connectivity index (χ0) is 19.8. The number of carbonyl (C=O) groups is 1. The lowest BCUT2D eigenvalue weighted by atomic mass is 10.1. The van der Waals surface area contributed by atoms with Gasteiger partial charge in [-0.1, -0.05) is 18.2 Å². The fourth-order valence-corrected chi connectivity index (χ4v) is 3.08. The molecule has 0 spiro atoms. The van der Waals surface area contributed by atoms with E-state index in [4.69, 9.17) is 0 Å². The summed E-state index contributed by atoms with van der Waals surface area (Å²) in [7, 11) is 0. The molecule has 9 heteroatoms. The lowest BCUT2D eigenvalue weighted by Gasteiger charge is -2.23. The zero-order valence-electron chi connectivity index (χ0n) is 14.3. The molecule has 27 heavy (non-hydrogen) atoms. The van der Waals surface area contributed by atoms with Gasteiger partial charge >= 0.3 is 6.18 Å². The highest BCUT2D eigenvalue weighted by Crippen LogP contribution is 2.35. The molecule has 2 aromatic rings. The number of hydrogen-bond donors (Lipinski definition) is 1. The summed E-state index contributed by atoms with van der Waals surface area (Å²) in [6.07, 6.45) is -3.99. The molecule has 0 saturated heterocycles. The van der Waals surface area contributed by atoms with E-state index in [0.29, 0.717) is 19.0 Å². The largest absolute Gasteiger partial charge is 0.416 e. The van der Waals surface area contributed by atoms with E-state index in [2.05, 4.69) is 5.32 Å². The highest BCUT2D eigenvalue weighted by Gasteiger charge is 2.34. The van der Waals surface area contributed by atoms with Crippen molar-refractivity contribution in [3.63, 3.8) is 0 Å².